The van der Waals surface area contributed by atoms with Gasteiger partial charge >= 0.3 is 0 Å². The summed E-state index contributed by atoms with van der Waals surface area (Å²) >= 11 is 0. The van der Waals surface area contributed by atoms with Crippen LogP contribution in [0.1, 0.15) is 31.2 Å². The van der Waals surface area contributed by atoms with E-state index in [9.17, 15) is 8.42 Å². The highest BCUT2D eigenvalue weighted by atomic mass is 32.2. The van der Waals surface area contributed by atoms with E-state index in [1.54, 1.807) is 6.20 Å². The van der Waals surface area contributed by atoms with Crippen LogP contribution in [0.25, 0.3) is 5.70 Å². The van der Waals surface area contributed by atoms with Gasteiger partial charge in [-0.1, -0.05) is 24.8 Å². The zero-order valence-electron chi connectivity index (χ0n) is 16.1. The van der Waals surface area contributed by atoms with Crippen molar-refractivity contribution in [1.29, 1.82) is 0 Å². The van der Waals surface area contributed by atoms with Crippen molar-refractivity contribution >= 4 is 33.0 Å². The second-order valence-electron chi connectivity index (χ2n) is 7.43. The Morgan fingerprint density at radius 1 is 1.21 bits per heavy atom. The van der Waals surface area contributed by atoms with Gasteiger partial charge in [-0.05, 0) is 43.7 Å². The van der Waals surface area contributed by atoms with E-state index in [1.807, 2.05) is 30.3 Å². The third-order valence-corrected chi connectivity index (χ3v) is 5.97. The Morgan fingerprint density at radius 3 is 2.50 bits per heavy atom. The molecule has 1 aromatic heterocycles. The molecule has 1 aromatic carbocycles. The lowest BCUT2D eigenvalue weighted by molar-refractivity contribution is 0.361. The van der Waals surface area contributed by atoms with Gasteiger partial charge < -0.3 is 16.4 Å². The number of nitrogens with one attached hydrogen (secondary N) is 2. The Bertz CT molecular complexity index is 923. The quantitative estimate of drug-likeness (QED) is 0.653. The smallest absolute Gasteiger partial charge is 0.224 e. The van der Waals surface area contributed by atoms with E-state index in [-0.39, 0.29) is 17.7 Å². The van der Waals surface area contributed by atoms with Crippen LogP contribution in [0.5, 0.6) is 0 Å². The summed E-state index contributed by atoms with van der Waals surface area (Å²) in [4.78, 5) is 8.97. The number of nitrogens with two attached hydrogens (primary N) is 1. The molecule has 1 fully saturated rings. The van der Waals surface area contributed by atoms with Gasteiger partial charge in [-0.3, -0.25) is 0 Å². The SMILES string of the molecule is C=C(N)c1cnc(NC2CCC(CS(C)(=O)=O)CC2)nc1Nc1ccccc1. The summed E-state index contributed by atoms with van der Waals surface area (Å²) in [7, 11) is -2.92. The minimum Gasteiger partial charge on any atom is -0.399 e. The molecule has 1 aliphatic rings. The number of aromatic nitrogens is 2. The second-order valence-corrected chi connectivity index (χ2v) is 9.61. The molecular formula is C20H27N5O2S. The van der Waals surface area contributed by atoms with Crippen LogP contribution < -0.4 is 16.4 Å². The molecule has 8 heteroatoms. The largest absolute Gasteiger partial charge is 0.399 e. The first-order valence-corrected chi connectivity index (χ1v) is 11.4. The molecule has 1 aliphatic carbocycles. The van der Waals surface area contributed by atoms with Gasteiger partial charge in [0.15, 0.2) is 0 Å². The van der Waals surface area contributed by atoms with Gasteiger partial charge in [0, 0.05) is 29.9 Å². The molecule has 1 heterocycles. The summed E-state index contributed by atoms with van der Waals surface area (Å²) in [5.41, 5.74) is 7.84. The molecule has 0 saturated heterocycles. The van der Waals surface area contributed by atoms with E-state index in [0.29, 0.717) is 23.0 Å². The van der Waals surface area contributed by atoms with E-state index in [1.165, 1.54) is 6.26 Å². The van der Waals surface area contributed by atoms with E-state index in [4.69, 9.17) is 5.73 Å². The predicted octanol–water partition coefficient (Wildman–Crippen LogP) is 3.16. The Balaban J connectivity index is 1.68. The van der Waals surface area contributed by atoms with E-state index < -0.39 is 9.84 Å². The van der Waals surface area contributed by atoms with Crippen LogP contribution in [0, 0.1) is 5.92 Å². The third kappa shape index (κ3) is 5.69. The van der Waals surface area contributed by atoms with Crippen molar-refractivity contribution in [1.82, 2.24) is 9.97 Å². The maximum atomic E-state index is 11.5. The fourth-order valence-electron chi connectivity index (χ4n) is 3.52. The lowest BCUT2D eigenvalue weighted by Gasteiger charge is -2.28. The summed E-state index contributed by atoms with van der Waals surface area (Å²) in [6.45, 7) is 3.80. The summed E-state index contributed by atoms with van der Waals surface area (Å²) in [5.74, 6) is 1.64. The van der Waals surface area contributed by atoms with Crippen molar-refractivity contribution in [2.24, 2.45) is 11.7 Å². The van der Waals surface area contributed by atoms with Gasteiger partial charge in [-0.2, -0.15) is 4.98 Å². The number of benzene rings is 1. The van der Waals surface area contributed by atoms with Crippen molar-refractivity contribution in [2.75, 3.05) is 22.6 Å². The van der Waals surface area contributed by atoms with Crippen LogP contribution in [0.3, 0.4) is 0 Å². The Kier molecular flexibility index (Phi) is 6.18. The van der Waals surface area contributed by atoms with E-state index in [2.05, 4.69) is 27.2 Å². The van der Waals surface area contributed by atoms with Gasteiger partial charge in [-0.15, -0.1) is 0 Å². The Morgan fingerprint density at radius 2 is 1.89 bits per heavy atom. The number of anilines is 3. The second kappa shape index (κ2) is 8.60. The molecule has 1 saturated carbocycles. The van der Waals surface area contributed by atoms with Gasteiger partial charge in [-0.25, -0.2) is 13.4 Å². The van der Waals surface area contributed by atoms with Gasteiger partial charge in [0.2, 0.25) is 5.95 Å². The molecule has 3 rings (SSSR count). The predicted molar refractivity (Wildman–Crippen MR) is 114 cm³/mol. The molecule has 7 nitrogen and oxygen atoms in total. The van der Waals surface area contributed by atoms with Crippen LogP contribution in [0.15, 0.2) is 43.1 Å². The molecule has 0 aliphatic heterocycles. The molecule has 0 unspecified atom stereocenters. The van der Waals surface area contributed by atoms with Crippen LogP contribution in [-0.2, 0) is 9.84 Å². The molecule has 0 spiro atoms. The van der Waals surface area contributed by atoms with E-state index >= 15 is 0 Å². The van der Waals surface area contributed by atoms with E-state index in [0.717, 1.165) is 31.4 Å². The number of nitrogens with zero attached hydrogens (tertiary/aromatic N) is 2. The molecule has 2 aromatic rings. The molecule has 28 heavy (non-hydrogen) atoms. The minimum atomic E-state index is -2.92. The van der Waals surface area contributed by atoms with Crippen molar-refractivity contribution in [3.05, 3.63) is 48.7 Å². The van der Waals surface area contributed by atoms with Crippen LogP contribution in [-0.4, -0.2) is 36.4 Å². The topological polar surface area (TPSA) is 110 Å². The summed E-state index contributed by atoms with van der Waals surface area (Å²) < 4.78 is 23.0. The Hall–Kier alpha value is -2.61. The van der Waals surface area contributed by atoms with Crippen molar-refractivity contribution in [2.45, 2.75) is 31.7 Å². The zero-order chi connectivity index (χ0) is 20.1. The molecule has 0 amide bonds. The van der Waals surface area contributed by atoms with Gasteiger partial charge in [0.25, 0.3) is 0 Å². The number of hydrogen-bond acceptors (Lipinski definition) is 7. The summed E-state index contributed by atoms with van der Waals surface area (Å²) in [5, 5.41) is 6.64. The lowest BCUT2D eigenvalue weighted by Crippen LogP contribution is -2.29. The number of hydrogen-bond donors (Lipinski definition) is 3. The first-order chi connectivity index (χ1) is 13.3. The molecule has 0 bridgehead atoms. The average Bonchev–Trinajstić information content (AvgIpc) is 2.63. The van der Waals surface area contributed by atoms with Crippen molar-refractivity contribution < 1.29 is 8.42 Å². The van der Waals surface area contributed by atoms with Crippen LogP contribution in [0.4, 0.5) is 17.5 Å². The third-order valence-electron chi connectivity index (χ3n) is 4.89. The Labute approximate surface area is 166 Å². The molecule has 0 radical (unpaired) electrons. The zero-order valence-corrected chi connectivity index (χ0v) is 16.9. The van der Waals surface area contributed by atoms with Crippen molar-refractivity contribution in [3.8, 4) is 0 Å². The van der Waals surface area contributed by atoms with Crippen LogP contribution in [0.2, 0.25) is 0 Å². The fraction of sp³-hybridized carbons (Fsp3) is 0.400. The average molecular weight is 402 g/mol. The highest BCUT2D eigenvalue weighted by molar-refractivity contribution is 7.90. The maximum Gasteiger partial charge on any atom is 0.224 e. The molecule has 4 N–H and O–H groups in total. The summed E-state index contributed by atoms with van der Waals surface area (Å²) in [6.07, 6.45) is 6.54. The van der Waals surface area contributed by atoms with Crippen molar-refractivity contribution in [3.63, 3.8) is 0 Å². The maximum absolute atomic E-state index is 11.5. The first-order valence-electron chi connectivity index (χ1n) is 9.38. The first kappa shape index (κ1) is 20.1. The van der Waals surface area contributed by atoms with Gasteiger partial charge in [0.05, 0.1) is 11.3 Å². The lowest BCUT2D eigenvalue weighted by atomic mass is 9.87. The fourth-order valence-corrected chi connectivity index (χ4v) is 4.71. The number of para-hydroxylation sites is 1. The number of sulfone groups is 1. The monoisotopic (exact) mass is 401 g/mol. The highest BCUT2D eigenvalue weighted by Gasteiger charge is 2.24. The minimum absolute atomic E-state index is 0.229. The molecular weight excluding hydrogens is 374 g/mol. The number of rotatable bonds is 7. The van der Waals surface area contributed by atoms with Crippen LogP contribution >= 0.6 is 0 Å². The summed E-state index contributed by atoms with van der Waals surface area (Å²) in [6, 6.07) is 9.94. The molecule has 150 valence electrons. The standard InChI is InChI=1S/C20H27N5O2S/c1-14(21)18-12-22-20(25-19(18)23-16-6-4-3-5-7-16)24-17-10-8-15(9-11-17)13-28(2,26)27/h3-7,12,15,17H,1,8-11,13,21H2,2H3,(H2,22,23,24,25). The molecule has 0 atom stereocenters. The van der Waals surface area contributed by atoms with Gasteiger partial charge in [0.1, 0.15) is 15.7 Å². The normalized spacial score (nSPS) is 19.8. The highest BCUT2D eigenvalue weighted by Crippen LogP contribution is 2.28.